The molecule has 0 aliphatic carbocycles. The molecular weight excluding hydrogens is 649 g/mol. The van der Waals surface area contributed by atoms with Crippen molar-refractivity contribution in [2.45, 2.75) is 0 Å². The van der Waals surface area contributed by atoms with Crippen molar-refractivity contribution >= 4 is 23.7 Å². The van der Waals surface area contributed by atoms with Crippen molar-refractivity contribution in [3.8, 4) is 23.0 Å². The summed E-state index contributed by atoms with van der Waals surface area (Å²) in [5, 5.41) is 2.77. The first-order valence-electron chi connectivity index (χ1n) is 9.01. The van der Waals surface area contributed by atoms with E-state index in [9.17, 15) is 9.59 Å². The summed E-state index contributed by atoms with van der Waals surface area (Å²) in [4.78, 5) is 27.8. The molecule has 0 unspecified atom stereocenters. The van der Waals surface area contributed by atoms with E-state index < -0.39 is 0 Å². The van der Waals surface area contributed by atoms with Gasteiger partial charge in [-0.25, -0.2) is 4.98 Å². The second-order valence-electron chi connectivity index (χ2n) is 6.29. The van der Waals surface area contributed by atoms with Gasteiger partial charge in [-0.2, -0.15) is 6.07 Å². The van der Waals surface area contributed by atoms with Gasteiger partial charge in [-0.05, 0) is 48.5 Å². The maximum atomic E-state index is 12.6. The zero-order valence-electron chi connectivity index (χ0n) is 16.4. The molecule has 2 aromatic heterocycles. The van der Waals surface area contributed by atoms with Crippen molar-refractivity contribution in [1.82, 2.24) is 4.98 Å². The van der Waals surface area contributed by atoms with Gasteiger partial charge in [0.25, 0.3) is 5.91 Å². The van der Waals surface area contributed by atoms with Gasteiger partial charge in [-0.15, -0.1) is 11.6 Å². The number of nitrogen functional groups attached to an aromatic ring is 1. The van der Waals surface area contributed by atoms with Crippen molar-refractivity contribution in [2.75, 3.05) is 11.1 Å². The number of pyridine rings is 1. The zero-order valence-corrected chi connectivity index (χ0v) is 22.8. The van der Waals surface area contributed by atoms with Gasteiger partial charge in [0, 0.05) is 11.4 Å². The van der Waals surface area contributed by atoms with Crippen LogP contribution in [0.1, 0.15) is 15.9 Å². The Kier molecular flexibility index (Phi) is 5.74. The van der Waals surface area contributed by atoms with Crippen LogP contribution in [-0.2, 0) is 4.79 Å². The van der Waals surface area contributed by atoms with Gasteiger partial charge >= 0.3 is 0 Å². The molecule has 1 amide bonds. The summed E-state index contributed by atoms with van der Waals surface area (Å²) in [7, 11) is 0. The van der Waals surface area contributed by atoms with Gasteiger partial charge in [-0.1, -0.05) is 12.1 Å². The molecule has 31 heavy (non-hydrogen) atoms. The van der Waals surface area contributed by atoms with Gasteiger partial charge in [0.2, 0.25) is 0 Å². The van der Waals surface area contributed by atoms with Gasteiger partial charge in [0.15, 0.2) is 5.76 Å². The minimum absolute atomic E-state index is 0. The Morgan fingerprint density at radius 3 is 2.45 bits per heavy atom. The molecule has 0 saturated heterocycles. The molecule has 2 aromatic carbocycles. The molecule has 0 bridgehead atoms. The second kappa shape index (κ2) is 8.74. The molecule has 150 valence electrons. The smallest absolute Gasteiger partial charge is 0.259 e. The molecule has 0 spiro atoms. The Balaban J connectivity index is 0.00000272. The van der Waals surface area contributed by atoms with Gasteiger partial charge in [0.1, 0.15) is 17.3 Å². The van der Waals surface area contributed by atoms with Crippen molar-refractivity contribution in [3.05, 3.63) is 90.2 Å². The predicted octanol–water partition coefficient (Wildman–Crippen LogP) is 4.43. The van der Waals surface area contributed by atoms with Crippen LogP contribution in [0.4, 0.5) is 11.5 Å². The first-order chi connectivity index (χ1) is 14.6. The number of benzene rings is 2. The molecule has 8 heteroatoms. The summed E-state index contributed by atoms with van der Waals surface area (Å²) in [6, 6.07) is 20.3. The van der Waals surface area contributed by atoms with Gasteiger partial charge in [0.05, 0.1) is 18.1 Å². The fourth-order valence-electron chi connectivity index (χ4n) is 2.80. The Morgan fingerprint density at radius 1 is 1.00 bits per heavy atom. The van der Waals surface area contributed by atoms with E-state index in [0.717, 1.165) is 0 Å². The average molecular weight is 665 g/mol. The number of furan rings is 1. The van der Waals surface area contributed by atoms with Gasteiger partial charge in [-0.3, -0.25) is 4.79 Å². The van der Waals surface area contributed by atoms with E-state index in [2.05, 4.69) is 10.3 Å². The molecule has 0 radical (unpaired) electrons. The molecule has 4 rings (SSSR count). The summed E-state index contributed by atoms with van der Waals surface area (Å²) in [5.74, 6) is 1.20. The van der Waals surface area contributed by atoms with E-state index in [-0.39, 0.29) is 17.3 Å². The zero-order chi connectivity index (χ0) is 20.9. The Labute approximate surface area is 172 Å². The number of rotatable bonds is 6. The van der Waals surface area contributed by atoms with Crippen LogP contribution in [0, 0.1) is 0 Å². The number of carbonyl (C=O) groups is 1. The number of anilines is 2. The number of aromatic nitrogens is 1. The van der Waals surface area contributed by atoms with E-state index in [1.807, 2.05) is 6.29 Å². The van der Waals surface area contributed by atoms with Crippen molar-refractivity contribution in [1.29, 1.82) is 0 Å². The van der Waals surface area contributed by atoms with Crippen LogP contribution in [0.3, 0.4) is 0 Å². The minimum Gasteiger partial charge on any atom is -0.516 e. The SMILES string of the molecule is Nc1nc(-c2ccco2)ccc1C(=O)Nc1ccc(Oc2ccccc2[C-]=O)cc1.[Rf]. The van der Waals surface area contributed by atoms with Crippen LogP contribution < -0.4 is 15.8 Å². The maximum Gasteiger partial charge on any atom is 0.259 e. The van der Waals surface area contributed by atoms with E-state index in [0.29, 0.717) is 34.2 Å². The normalized spacial score (nSPS) is 10.1. The number of nitrogens with zero attached hydrogens (tertiary/aromatic N) is 1. The molecule has 0 saturated carbocycles. The van der Waals surface area contributed by atoms with E-state index in [1.54, 1.807) is 72.8 Å². The summed E-state index contributed by atoms with van der Waals surface area (Å²) >= 11 is 0. The molecule has 0 atom stereocenters. The van der Waals surface area contributed by atoms with Crippen molar-refractivity contribution < 1.29 is 18.7 Å². The van der Waals surface area contributed by atoms with E-state index >= 15 is 0 Å². The Morgan fingerprint density at radius 2 is 1.77 bits per heavy atom. The third-order valence-corrected chi connectivity index (χ3v) is 4.28. The van der Waals surface area contributed by atoms with E-state index in [1.165, 1.54) is 6.26 Å². The van der Waals surface area contributed by atoms with Crippen molar-refractivity contribution in [3.63, 3.8) is 0 Å². The number of carbonyl (C=O) groups excluding carboxylic acids is 2. The topological polar surface area (TPSA) is 107 Å². The fourth-order valence-corrected chi connectivity index (χ4v) is 2.80. The third kappa shape index (κ3) is 4.38. The number of para-hydroxylation sites is 1. The number of amides is 1. The summed E-state index contributed by atoms with van der Waals surface area (Å²) in [6.07, 6.45) is 3.37. The molecule has 0 aliphatic heterocycles. The largest absolute Gasteiger partial charge is 0.516 e. The predicted molar refractivity (Wildman–Crippen MR) is 112 cm³/mol. The molecule has 3 N–H and O–H groups in total. The van der Waals surface area contributed by atoms with Gasteiger partial charge < -0.3 is 25.0 Å². The number of nitrogens with one attached hydrogen (secondary N) is 1. The minimum atomic E-state index is -0.388. The number of hydrogen-bond acceptors (Lipinski definition) is 6. The molecule has 7 nitrogen and oxygen atoms in total. The number of hydrogen-bond donors (Lipinski definition) is 2. The first kappa shape index (κ1) is 20.3. The van der Waals surface area contributed by atoms with Crippen LogP contribution in [0.15, 0.2) is 83.5 Å². The van der Waals surface area contributed by atoms with E-state index in [4.69, 9.17) is 14.9 Å². The molecular formula is C23H16N3O4Rf-. The molecule has 0 aliphatic rings. The van der Waals surface area contributed by atoms with Crippen LogP contribution in [0.5, 0.6) is 11.5 Å². The fraction of sp³-hybridized carbons (Fsp3) is 0. The molecule has 2 heterocycles. The molecule has 0 fully saturated rings. The summed E-state index contributed by atoms with van der Waals surface area (Å²) in [5.41, 5.74) is 7.63. The average Bonchev–Trinajstić information content (AvgIpc) is 3.30. The monoisotopic (exact) mass is 665 g/mol. The van der Waals surface area contributed by atoms with Crippen LogP contribution in [-0.4, -0.2) is 17.2 Å². The summed E-state index contributed by atoms with van der Waals surface area (Å²) in [6.45, 7) is 0. The Bertz CT molecular complexity index is 1190. The number of nitrogens with two attached hydrogens (primary N) is 1. The second-order valence-corrected chi connectivity index (χ2v) is 6.29. The van der Waals surface area contributed by atoms with Crippen molar-refractivity contribution in [2.24, 2.45) is 0 Å². The standard InChI is InChI=1S/C23H16N3O4.Rf/c24-22-18(11-12-19(26-22)21-6-3-13-29-21)23(28)25-16-7-9-17(10-8-16)30-20-5-2-1-4-15(20)14-27;/h1-13H,(H2,24,26)(H,25,28);/q-1;. The van der Waals surface area contributed by atoms with Crippen LogP contribution in [0.25, 0.3) is 11.5 Å². The maximum absolute atomic E-state index is 12.6. The first-order valence-corrected chi connectivity index (χ1v) is 9.01. The Hall–Kier alpha value is -5.39. The third-order valence-electron chi connectivity index (χ3n) is 4.28. The summed E-state index contributed by atoms with van der Waals surface area (Å²) < 4.78 is 11.0. The number of ether oxygens (including phenoxy) is 1. The quantitative estimate of drug-likeness (QED) is 0.296. The molecule has 4 aromatic rings. The van der Waals surface area contributed by atoms with Crippen LogP contribution >= 0.6 is 0 Å². The van der Waals surface area contributed by atoms with Crippen LogP contribution in [0.2, 0.25) is 0 Å².